The van der Waals surface area contributed by atoms with E-state index in [0.29, 0.717) is 10.7 Å². The maximum atomic E-state index is 12.9. The Morgan fingerprint density at radius 2 is 1.78 bits per heavy atom. The molecule has 0 spiro atoms. The zero-order chi connectivity index (χ0) is 19.6. The van der Waals surface area contributed by atoms with Crippen LogP contribution in [0.25, 0.3) is 0 Å². The first-order chi connectivity index (χ1) is 12.8. The second-order valence-electron chi connectivity index (χ2n) is 6.20. The van der Waals surface area contributed by atoms with Gasteiger partial charge in [-0.15, -0.1) is 0 Å². The highest BCUT2D eigenvalue weighted by Gasteiger charge is 2.30. The lowest BCUT2D eigenvalue weighted by Gasteiger charge is -2.20. The van der Waals surface area contributed by atoms with E-state index in [9.17, 15) is 18.0 Å². The van der Waals surface area contributed by atoms with Crippen molar-refractivity contribution in [1.29, 1.82) is 0 Å². The van der Waals surface area contributed by atoms with Gasteiger partial charge in [-0.3, -0.25) is 24.7 Å². The Hall–Kier alpha value is -2.58. The number of hydrogen-bond acceptors (Lipinski definition) is 4. The minimum absolute atomic E-state index is 0.0499. The van der Waals surface area contributed by atoms with Gasteiger partial charge in [0.25, 0.3) is 15.9 Å². The molecule has 1 aliphatic rings. The van der Waals surface area contributed by atoms with Crippen LogP contribution in [0.3, 0.4) is 0 Å². The van der Waals surface area contributed by atoms with E-state index in [1.165, 1.54) is 37.4 Å². The fourth-order valence-electron chi connectivity index (χ4n) is 2.40. The summed E-state index contributed by atoms with van der Waals surface area (Å²) in [6.07, 6.45) is 1.62. The van der Waals surface area contributed by atoms with E-state index in [4.69, 9.17) is 11.6 Å². The van der Waals surface area contributed by atoms with Crippen molar-refractivity contribution in [3.8, 4) is 0 Å². The Bertz CT molecular complexity index is 990. The zero-order valence-corrected chi connectivity index (χ0v) is 16.0. The van der Waals surface area contributed by atoms with Gasteiger partial charge >= 0.3 is 0 Å². The zero-order valence-electron chi connectivity index (χ0n) is 14.5. The molecule has 0 heterocycles. The second-order valence-corrected chi connectivity index (χ2v) is 8.60. The van der Waals surface area contributed by atoms with E-state index in [-0.39, 0.29) is 22.3 Å². The highest BCUT2D eigenvalue weighted by atomic mass is 35.5. The Morgan fingerprint density at radius 3 is 2.44 bits per heavy atom. The summed E-state index contributed by atoms with van der Waals surface area (Å²) in [5.74, 6) is -0.886. The third kappa shape index (κ3) is 4.40. The number of anilines is 1. The van der Waals surface area contributed by atoms with Crippen molar-refractivity contribution in [3.05, 3.63) is 59.1 Å². The number of nitrogens with zero attached hydrogens (tertiary/aromatic N) is 1. The van der Waals surface area contributed by atoms with Crippen molar-refractivity contribution in [2.75, 3.05) is 11.4 Å². The largest absolute Gasteiger partial charge is 0.273 e. The monoisotopic (exact) mass is 407 g/mol. The van der Waals surface area contributed by atoms with Gasteiger partial charge < -0.3 is 0 Å². The summed E-state index contributed by atoms with van der Waals surface area (Å²) < 4.78 is 26.8. The molecule has 1 fully saturated rings. The molecule has 3 rings (SSSR count). The standard InChI is InChI=1S/C18H18ClN3O4S/c1-22(15-6-3-5-14(19)11-15)27(25,26)16-7-2-4-13(10-16)18(24)21-20-17(23)12-8-9-12/h2-7,10-12H,8-9H2,1H3,(H,20,23)(H,21,24). The molecular weight excluding hydrogens is 390 g/mol. The molecule has 7 nitrogen and oxygen atoms in total. The molecule has 0 saturated heterocycles. The molecular formula is C18H18ClN3O4S. The molecule has 0 aromatic heterocycles. The molecule has 0 radical (unpaired) electrons. The van der Waals surface area contributed by atoms with Gasteiger partial charge in [0, 0.05) is 23.6 Å². The highest BCUT2D eigenvalue weighted by molar-refractivity contribution is 7.92. The summed E-state index contributed by atoms with van der Waals surface area (Å²) >= 11 is 5.93. The first-order valence-corrected chi connectivity index (χ1v) is 10.1. The van der Waals surface area contributed by atoms with Crippen LogP contribution in [-0.4, -0.2) is 27.3 Å². The van der Waals surface area contributed by atoms with Crippen LogP contribution in [0, 0.1) is 5.92 Å². The Kier molecular flexibility index (Phi) is 5.38. The van der Waals surface area contributed by atoms with Gasteiger partial charge in [0.2, 0.25) is 5.91 Å². The van der Waals surface area contributed by atoms with Crippen LogP contribution in [0.5, 0.6) is 0 Å². The quantitative estimate of drug-likeness (QED) is 0.743. The number of halogens is 1. The fraction of sp³-hybridized carbons (Fsp3) is 0.222. The number of amides is 2. The van der Waals surface area contributed by atoms with Crippen LogP contribution in [0.1, 0.15) is 23.2 Å². The molecule has 0 bridgehead atoms. The molecule has 9 heteroatoms. The molecule has 142 valence electrons. The predicted molar refractivity (Wildman–Crippen MR) is 102 cm³/mol. The maximum Gasteiger partial charge on any atom is 0.269 e. The minimum Gasteiger partial charge on any atom is -0.273 e. The third-order valence-electron chi connectivity index (χ3n) is 4.17. The normalized spacial score (nSPS) is 13.7. The van der Waals surface area contributed by atoms with Gasteiger partial charge in [-0.25, -0.2) is 8.42 Å². The molecule has 2 amide bonds. The first-order valence-electron chi connectivity index (χ1n) is 8.24. The van der Waals surface area contributed by atoms with Crippen molar-refractivity contribution in [3.63, 3.8) is 0 Å². The average Bonchev–Trinajstić information content (AvgIpc) is 3.50. The lowest BCUT2D eigenvalue weighted by Crippen LogP contribution is -2.42. The number of carbonyl (C=O) groups excluding carboxylic acids is 2. The summed E-state index contributed by atoms with van der Waals surface area (Å²) in [5.41, 5.74) is 5.16. The minimum atomic E-state index is -3.89. The number of hydrazine groups is 1. The van der Waals surface area contributed by atoms with E-state index in [0.717, 1.165) is 17.1 Å². The van der Waals surface area contributed by atoms with Crippen LogP contribution in [0.2, 0.25) is 5.02 Å². The van der Waals surface area contributed by atoms with Crippen molar-refractivity contribution < 1.29 is 18.0 Å². The number of nitrogens with one attached hydrogen (secondary N) is 2. The fourth-order valence-corrected chi connectivity index (χ4v) is 3.82. The first kappa shape index (κ1) is 19.2. The van der Waals surface area contributed by atoms with E-state index in [1.54, 1.807) is 18.2 Å². The third-order valence-corrected chi connectivity index (χ3v) is 6.19. The summed E-state index contributed by atoms with van der Waals surface area (Å²) in [6, 6.07) is 12.0. The molecule has 2 aromatic carbocycles. The van der Waals surface area contributed by atoms with E-state index in [1.807, 2.05) is 0 Å². The van der Waals surface area contributed by atoms with E-state index < -0.39 is 15.9 Å². The van der Waals surface area contributed by atoms with E-state index in [2.05, 4.69) is 10.9 Å². The Balaban J connectivity index is 1.78. The highest BCUT2D eigenvalue weighted by Crippen LogP contribution is 2.28. The Labute approximate surface area is 162 Å². The number of carbonyl (C=O) groups is 2. The lowest BCUT2D eigenvalue weighted by molar-refractivity contribution is -0.123. The van der Waals surface area contributed by atoms with Crippen molar-refractivity contribution >= 4 is 39.1 Å². The van der Waals surface area contributed by atoms with Crippen LogP contribution < -0.4 is 15.2 Å². The van der Waals surface area contributed by atoms with Crippen LogP contribution in [0.4, 0.5) is 5.69 Å². The second kappa shape index (κ2) is 7.58. The topological polar surface area (TPSA) is 95.6 Å². The van der Waals surface area contributed by atoms with Crippen molar-refractivity contribution in [2.24, 2.45) is 5.92 Å². The summed E-state index contributed by atoms with van der Waals surface area (Å²) in [5, 5.41) is 0.411. The maximum absolute atomic E-state index is 12.9. The van der Waals surface area contributed by atoms with Gasteiger partial charge in [-0.05, 0) is 49.2 Å². The molecule has 0 unspecified atom stereocenters. The predicted octanol–water partition coefficient (Wildman–Crippen LogP) is 2.34. The smallest absolute Gasteiger partial charge is 0.269 e. The summed E-state index contributed by atoms with van der Waals surface area (Å²) in [4.78, 5) is 23.8. The van der Waals surface area contributed by atoms with Gasteiger partial charge in [-0.1, -0.05) is 23.7 Å². The SMILES string of the molecule is CN(c1cccc(Cl)c1)S(=O)(=O)c1cccc(C(=O)NNC(=O)C2CC2)c1. The molecule has 0 atom stereocenters. The number of hydrogen-bond donors (Lipinski definition) is 2. The van der Waals surface area contributed by atoms with E-state index >= 15 is 0 Å². The summed E-state index contributed by atoms with van der Waals surface area (Å²) in [6.45, 7) is 0. The van der Waals surface area contributed by atoms with Crippen LogP contribution in [0.15, 0.2) is 53.4 Å². The van der Waals surface area contributed by atoms with Gasteiger partial charge in [0.1, 0.15) is 0 Å². The number of benzene rings is 2. The molecule has 27 heavy (non-hydrogen) atoms. The van der Waals surface area contributed by atoms with Crippen molar-refractivity contribution in [1.82, 2.24) is 10.9 Å². The van der Waals surface area contributed by atoms with Gasteiger partial charge in [-0.2, -0.15) is 0 Å². The Morgan fingerprint density at radius 1 is 1.07 bits per heavy atom. The summed E-state index contributed by atoms with van der Waals surface area (Å²) in [7, 11) is -2.49. The molecule has 1 aliphatic carbocycles. The van der Waals surface area contributed by atoms with Gasteiger partial charge in [0.05, 0.1) is 10.6 Å². The van der Waals surface area contributed by atoms with Gasteiger partial charge in [0.15, 0.2) is 0 Å². The van der Waals surface area contributed by atoms with Crippen LogP contribution in [-0.2, 0) is 14.8 Å². The van der Waals surface area contributed by atoms with Crippen LogP contribution >= 0.6 is 11.6 Å². The number of rotatable bonds is 5. The molecule has 1 saturated carbocycles. The lowest BCUT2D eigenvalue weighted by atomic mass is 10.2. The molecule has 2 aromatic rings. The number of sulfonamides is 1. The molecule has 0 aliphatic heterocycles. The average molecular weight is 408 g/mol. The molecule has 2 N–H and O–H groups in total. The van der Waals surface area contributed by atoms with Crippen molar-refractivity contribution in [2.45, 2.75) is 17.7 Å².